The Kier molecular flexibility index (Phi) is 3.02. The summed E-state index contributed by atoms with van der Waals surface area (Å²) in [6.07, 6.45) is 8.43. The van der Waals surface area contributed by atoms with Gasteiger partial charge >= 0.3 is 0 Å². The molecule has 1 aliphatic rings. The van der Waals surface area contributed by atoms with Crippen LogP contribution in [-0.2, 0) is 4.79 Å². The molecule has 1 rings (SSSR count). The average molecular weight is 174 g/mol. The highest BCUT2D eigenvalue weighted by atomic mass is 16.1. The molecule has 0 saturated heterocycles. The summed E-state index contributed by atoms with van der Waals surface area (Å²) in [5.41, 5.74) is 2.59. The fraction of sp³-hybridized carbons (Fsp3) is 0.250. The summed E-state index contributed by atoms with van der Waals surface area (Å²) >= 11 is 0. The Bertz CT molecular complexity index is 327. The second-order valence-corrected chi connectivity index (χ2v) is 3.03. The number of allylic oxidation sites excluding steroid dienone is 7. The molecule has 0 unspecified atom stereocenters. The van der Waals surface area contributed by atoms with Crippen LogP contribution in [0.3, 0.4) is 0 Å². The molecule has 0 spiro atoms. The molecule has 13 heavy (non-hydrogen) atoms. The van der Waals surface area contributed by atoms with Crippen LogP contribution in [0, 0.1) is 0 Å². The van der Waals surface area contributed by atoms with Crippen LogP contribution in [0.25, 0.3) is 0 Å². The summed E-state index contributed by atoms with van der Waals surface area (Å²) in [7, 11) is 0. The monoisotopic (exact) mass is 174 g/mol. The standard InChI is InChI=1S/C12H14O/c1-4-6-7-10-8-9(3)12(13)11(10)5-2/h4-7H,3,8H2,1-2H3/b6-4-,10-7-,11-5+. The average Bonchev–Trinajstić information content (AvgIpc) is 2.39. The van der Waals surface area contributed by atoms with Crippen molar-refractivity contribution in [3.8, 4) is 0 Å². The summed E-state index contributed by atoms with van der Waals surface area (Å²) in [5.74, 6) is 0.0956. The molecular formula is C12H14O. The number of carbonyl (C=O) groups excluding carboxylic acids is 1. The third-order valence-corrected chi connectivity index (χ3v) is 2.09. The summed E-state index contributed by atoms with van der Waals surface area (Å²) in [4.78, 5) is 11.5. The molecule has 0 amide bonds. The van der Waals surface area contributed by atoms with E-state index in [1.807, 2.05) is 38.2 Å². The van der Waals surface area contributed by atoms with Crippen LogP contribution in [0.1, 0.15) is 20.3 Å². The molecule has 0 aromatic heterocycles. The van der Waals surface area contributed by atoms with E-state index in [1.165, 1.54) is 0 Å². The topological polar surface area (TPSA) is 17.1 Å². The van der Waals surface area contributed by atoms with Crippen LogP contribution in [0.5, 0.6) is 0 Å². The van der Waals surface area contributed by atoms with Gasteiger partial charge in [0, 0.05) is 12.0 Å². The van der Waals surface area contributed by atoms with Crippen LogP contribution in [0.15, 0.2) is 47.6 Å². The normalized spacial score (nSPS) is 24.2. The Morgan fingerprint density at radius 2 is 2.08 bits per heavy atom. The molecule has 0 aromatic carbocycles. The van der Waals surface area contributed by atoms with Gasteiger partial charge in [0.1, 0.15) is 0 Å². The lowest BCUT2D eigenvalue weighted by Gasteiger charge is -1.93. The van der Waals surface area contributed by atoms with Gasteiger partial charge in [-0.2, -0.15) is 0 Å². The smallest absolute Gasteiger partial charge is 0.188 e. The first-order chi connectivity index (χ1) is 6.20. The molecule has 1 heteroatoms. The summed E-state index contributed by atoms with van der Waals surface area (Å²) in [5, 5.41) is 0. The number of hydrogen-bond donors (Lipinski definition) is 0. The maximum Gasteiger partial charge on any atom is 0.188 e. The molecule has 1 aliphatic carbocycles. The molecule has 0 atom stereocenters. The molecule has 0 bridgehead atoms. The number of ketones is 1. The van der Waals surface area contributed by atoms with Gasteiger partial charge in [-0.25, -0.2) is 0 Å². The van der Waals surface area contributed by atoms with Crippen molar-refractivity contribution in [2.24, 2.45) is 0 Å². The van der Waals surface area contributed by atoms with Crippen molar-refractivity contribution in [2.45, 2.75) is 20.3 Å². The largest absolute Gasteiger partial charge is 0.289 e. The molecule has 1 saturated carbocycles. The number of carbonyl (C=O) groups is 1. The van der Waals surface area contributed by atoms with Gasteiger partial charge in [0.05, 0.1) is 0 Å². The van der Waals surface area contributed by atoms with Crippen LogP contribution >= 0.6 is 0 Å². The highest BCUT2D eigenvalue weighted by Gasteiger charge is 2.24. The van der Waals surface area contributed by atoms with E-state index in [-0.39, 0.29) is 5.78 Å². The maximum atomic E-state index is 11.5. The predicted molar refractivity (Wildman–Crippen MR) is 55.4 cm³/mol. The molecule has 0 aliphatic heterocycles. The predicted octanol–water partition coefficient (Wildman–Crippen LogP) is 2.96. The Labute approximate surface area is 79.2 Å². The van der Waals surface area contributed by atoms with Gasteiger partial charge < -0.3 is 0 Å². The van der Waals surface area contributed by atoms with Crippen LogP contribution in [-0.4, -0.2) is 5.78 Å². The van der Waals surface area contributed by atoms with Gasteiger partial charge in [0.15, 0.2) is 5.78 Å². The van der Waals surface area contributed by atoms with Gasteiger partial charge in [-0.3, -0.25) is 4.79 Å². The fourth-order valence-corrected chi connectivity index (χ4v) is 1.42. The van der Waals surface area contributed by atoms with Gasteiger partial charge in [0.25, 0.3) is 0 Å². The molecule has 0 heterocycles. The van der Waals surface area contributed by atoms with Gasteiger partial charge in [-0.15, -0.1) is 0 Å². The van der Waals surface area contributed by atoms with Crippen molar-refractivity contribution >= 4 is 5.78 Å². The molecule has 1 fully saturated rings. The molecular weight excluding hydrogens is 160 g/mol. The number of hydrogen-bond acceptors (Lipinski definition) is 1. The van der Waals surface area contributed by atoms with E-state index in [0.717, 1.165) is 11.1 Å². The van der Waals surface area contributed by atoms with E-state index in [2.05, 4.69) is 6.58 Å². The second kappa shape index (κ2) is 4.04. The van der Waals surface area contributed by atoms with E-state index >= 15 is 0 Å². The fourth-order valence-electron chi connectivity index (χ4n) is 1.42. The van der Waals surface area contributed by atoms with Crippen molar-refractivity contribution in [2.75, 3.05) is 0 Å². The van der Waals surface area contributed by atoms with Crippen molar-refractivity contribution in [1.29, 1.82) is 0 Å². The Morgan fingerprint density at radius 1 is 1.38 bits per heavy atom. The van der Waals surface area contributed by atoms with E-state index in [9.17, 15) is 4.79 Å². The Morgan fingerprint density at radius 3 is 2.62 bits per heavy atom. The van der Waals surface area contributed by atoms with E-state index in [4.69, 9.17) is 0 Å². The molecule has 0 radical (unpaired) electrons. The SMILES string of the molecule is C=C1CC(=C/C=C\C)/C(=C\C)C1=O. The number of Topliss-reactive ketones (excluding diaryl/α,β-unsaturated/α-hetero) is 1. The lowest BCUT2D eigenvalue weighted by molar-refractivity contribution is -0.111. The first kappa shape index (κ1) is 9.72. The van der Waals surface area contributed by atoms with Crippen molar-refractivity contribution < 1.29 is 4.79 Å². The minimum atomic E-state index is 0.0956. The van der Waals surface area contributed by atoms with Gasteiger partial charge in [0.2, 0.25) is 0 Å². The summed E-state index contributed by atoms with van der Waals surface area (Å²) < 4.78 is 0. The Balaban J connectivity index is 3.03. The van der Waals surface area contributed by atoms with Crippen molar-refractivity contribution in [3.05, 3.63) is 47.6 Å². The lowest BCUT2D eigenvalue weighted by atomic mass is 10.1. The van der Waals surface area contributed by atoms with E-state index in [0.29, 0.717) is 12.0 Å². The number of rotatable bonds is 1. The first-order valence-corrected chi connectivity index (χ1v) is 4.41. The molecule has 1 nitrogen and oxygen atoms in total. The zero-order valence-corrected chi connectivity index (χ0v) is 8.13. The van der Waals surface area contributed by atoms with Crippen molar-refractivity contribution in [1.82, 2.24) is 0 Å². The van der Waals surface area contributed by atoms with Gasteiger partial charge in [-0.05, 0) is 25.0 Å². The molecule has 68 valence electrons. The summed E-state index contributed by atoms with van der Waals surface area (Å²) in [6.45, 7) is 7.58. The highest BCUT2D eigenvalue weighted by molar-refractivity contribution is 6.14. The third kappa shape index (κ3) is 1.86. The van der Waals surface area contributed by atoms with E-state index in [1.54, 1.807) is 0 Å². The zero-order valence-electron chi connectivity index (χ0n) is 8.13. The maximum absolute atomic E-state index is 11.5. The Hall–Kier alpha value is -1.37. The molecule has 0 N–H and O–H groups in total. The quantitative estimate of drug-likeness (QED) is 0.558. The van der Waals surface area contributed by atoms with Gasteiger partial charge in [-0.1, -0.05) is 30.9 Å². The minimum Gasteiger partial charge on any atom is -0.289 e. The lowest BCUT2D eigenvalue weighted by Crippen LogP contribution is -1.93. The van der Waals surface area contributed by atoms with Crippen LogP contribution in [0.2, 0.25) is 0 Å². The second-order valence-electron chi connectivity index (χ2n) is 3.03. The van der Waals surface area contributed by atoms with Crippen molar-refractivity contribution in [3.63, 3.8) is 0 Å². The third-order valence-electron chi connectivity index (χ3n) is 2.09. The summed E-state index contributed by atoms with van der Waals surface area (Å²) in [6, 6.07) is 0. The van der Waals surface area contributed by atoms with Crippen LogP contribution in [0.4, 0.5) is 0 Å². The van der Waals surface area contributed by atoms with E-state index < -0.39 is 0 Å². The van der Waals surface area contributed by atoms with Crippen LogP contribution < -0.4 is 0 Å². The zero-order chi connectivity index (χ0) is 9.84. The minimum absolute atomic E-state index is 0.0956. The first-order valence-electron chi connectivity index (χ1n) is 4.41. The highest BCUT2D eigenvalue weighted by Crippen LogP contribution is 2.30. The molecule has 0 aromatic rings.